The highest BCUT2D eigenvalue weighted by atomic mass is 19.4. The number of rotatable bonds is 5. The summed E-state index contributed by atoms with van der Waals surface area (Å²) in [5.74, 6) is -0.520. The Bertz CT molecular complexity index is 1500. The van der Waals surface area contributed by atoms with E-state index in [4.69, 9.17) is 4.74 Å². The fourth-order valence-corrected chi connectivity index (χ4v) is 5.29. The first-order valence-electron chi connectivity index (χ1n) is 14.1. The van der Waals surface area contributed by atoms with Crippen LogP contribution in [0.15, 0.2) is 66.7 Å². The van der Waals surface area contributed by atoms with Crippen LogP contribution in [0.3, 0.4) is 0 Å². The second-order valence-corrected chi connectivity index (χ2v) is 11.0. The standard InChI is InChI=1S/C32H32F7N3O3/c1-19-14-26(33)10-11-27(19)28-18-41(30(44)45-21(3)22-8-6-5-7-9-22)12-13-42(28)29(43)40(4)20(2)23-15-24(31(34,35)36)17-25(16-23)32(37,38)39/h5-11,14-17,20-21,28H,12-13,18H2,1-4H3/t20-,21?,28+/m1/s1. The molecule has 3 aromatic rings. The third-order valence-corrected chi connectivity index (χ3v) is 8.00. The zero-order valence-electron chi connectivity index (χ0n) is 24.9. The molecule has 1 fully saturated rings. The van der Waals surface area contributed by atoms with E-state index in [2.05, 4.69) is 0 Å². The van der Waals surface area contributed by atoms with E-state index in [9.17, 15) is 40.3 Å². The maximum atomic E-state index is 14.0. The van der Waals surface area contributed by atoms with Crippen molar-refractivity contribution in [3.05, 3.63) is 106 Å². The van der Waals surface area contributed by atoms with Gasteiger partial charge in [0, 0.05) is 26.7 Å². The molecule has 3 atom stereocenters. The fourth-order valence-electron chi connectivity index (χ4n) is 5.29. The molecule has 3 amide bonds. The van der Waals surface area contributed by atoms with Gasteiger partial charge in [0.25, 0.3) is 0 Å². The Balaban J connectivity index is 1.62. The lowest BCUT2D eigenvalue weighted by Crippen LogP contribution is -2.55. The quantitative estimate of drug-likeness (QED) is 0.263. The van der Waals surface area contributed by atoms with E-state index in [1.807, 2.05) is 6.07 Å². The van der Waals surface area contributed by atoms with Gasteiger partial charge in [-0.15, -0.1) is 0 Å². The minimum Gasteiger partial charge on any atom is -0.442 e. The van der Waals surface area contributed by atoms with E-state index in [1.54, 1.807) is 38.1 Å². The van der Waals surface area contributed by atoms with Crippen LogP contribution in [0.5, 0.6) is 0 Å². The molecule has 1 unspecified atom stereocenters. The molecule has 0 bridgehead atoms. The van der Waals surface area contributed by atoms with Crippen LogP contribution >= 0.6 is 0 Å². The average Bonchev–Trinajstić information content (AvgIpc) is 2.99. The first kappa shape index (κ1) is 33.6. The molecule has 242 valence electrons. The van der Waals surface area contributed by atoms with Gasteiger partial charge in [-0.3, -0.25) is 0 Å². The largest absolute Gasteiger partial charge is 0.442 e. The Morgan fingerprint density at radius 1 is 0.867 bits per heavy atom. The van der Waals surface area contributed by atoms with Crippen molar-refractivity contribution in [2.24, 2.45) is 0 Å². The van der Waals surface area contributed by atoms with Crippen LogP contribution in [-0.2, 0) is 17.1 Å². The molecular weight excluding hydrogens is 607 g/mol. The van der Waals surface area contributed by atoms with Crippen LogP contribution in [0.1, 0.15) is 65.4 Å². The molecule has 13 heteroatoms. The number of benzene rings is 3. The Kier molecular flexibility index (Phi) is 9.69. The Labute approximate surface area is 256 Å². The van der Waals surface area contributed by atoms with Gasteiger partial charge in [0.15, 0.2) is 0 Å². The zero-order valence-corrected chi connectivity index (χ0v) is 24.9. The summed E-state index contributed by atoms with van der Waals surface area (Å²) in [5, 5.41) is 0. The predicted molar refractivity (Wildman–Crippen MR) is 152 cm³/mol. The van der Waals surface area contributed by atoms with Gasteiger partial charge in [-0.05, 0) is 73.4 Å². The molecule has 6 nitrogen and oxygen atoms in total. The van der Waals surface area contributed by atoms with Crippen molar-refractivity contribution in [3.63, 3.8) is 0 Å². The Morgan fingerprint density at radius 2 is 1.47 bits per heavy atom. The molecule has 3 aromatic carbocycles. The monoisotopic (exact) mass is 639 g/mol. The summed E-state index contributed by atoms with van der Waals surface area (Å²) >= 11 is 0. The lowest BCUT2D eigenvalue weighted by atomic mass is 9.97. The summed E-state index contributed by atoms with van der Waals surface area (Å²) < 4.78 is 101. The Morgan fingerprint density at radius 3 is 2.02 bits per heavy atom. The number of amides is 3. The molecule has 1 saturated heterocycles. The van der Waals surface area contributed by atoms with E-state index < -0.39 is 59.6 Å². The van der Waals surface area contributed by atoms with E-state index in [0.717, 1.165) is 10.5 Å². The SMILES string of the molecule is Cc1cc(F)ccc1[C@@H]1CN(C(=O)OC(C)c2ccccc2)CCN1C(=O)N(C)[C@H](C)c1cc(C(F)(F)F)cc(C(F)(F)F)c1. The maximum Gasteiger partial charge on any atom is 0.416 e. The van der Waals surface area contributed by atoms with Crippen LogP contribution in [0.2, 0.25) is 0 Å². The summed E-state index contributed by atoms with van der Waals surface area (Å²) in [6.45, 7) is 4.61. The highest BCUT2D eigenvalue weighted by Crippen LogP contribution is 2.39. The highest BCUT2D eigenvalue weighted by molar-refractivity contribution is 5.76. The van der Waals surface area contributed by atoms with E-state index in [0.29, 0.717) is 23.3 Å². The highest BCUT2D eigenvalue weighted by Gasteiger charge is 2.40. The van der Waals surface area contributed by atoms with Gasteiger partial charge in [0.1, 0.15) is 11.9 Å². The summed E-state index contributed by atoms with van der Waals surface area (Å²) in [7, 11) is 1.28. The van der Waals surface area contributed by atoms with Crippen LogP contribution in [0, 0.1) is 12.7 Å². The fraction of sp³-hybridized carbons (Fsp3) is 0.375. The molecular formula is C32H32F7N3O3. The average molecular weight is 640 g/mol. The lowest BCUT2D eigenvalue weighted by Gasteiger charge is -2.44. The van der Waals surface area contributed by atoms with Gasteiger partial charge < -0.3 is 19.4 Å². The second-order valence-electron chi connectivity index (χ2n) is 11.0. The molecule has 4 rings (SSSR count). The van der Waals surface area contributed by atoms with Crippen LogP contribution in [0.25, 0.3) is 0 Å². The van der Waals surface area contributed by atoms with Gasteiger partial charge in [0.05, 0.1) is 23.2 Å². The minimum atomic E-state index is -5.05. The van der Waals surface area contributed by atoms with Crippen LogP contribution in [0.4, 0.5) is 40.3 Å². The molecule has 0 radical (unpaired) electrons. The first-order valence-corrected chi connectivity index (χ1v) is 14.1. The molecule has 1 aliphatic heterocycles. The second kappa shape index (κ2) is 13.0. The van der Waals surface area contributed by atoms with Crippen LogP contribution < -0.4 is 0 Å². The summed E-state index contributed by atoms with van der Waals surface area (Å²) in [4.78, 5) is 30.9. The Hall–Kier alpha value is -4.29. The van der Waals surface area contributed by atoms with Crippen molar-refractivity contribution in [3.8, 4) is 0 Å². The van der Waals surface area contributed by atoms with Gasteiger partial charge in [-0.1, -0.05) is 36.4 Å². The summed E-state index contributed by atoms with van der Waals surface area (Å²) in [5.41, 5.74) is -1.58. The number of ether oxygens (including phenoxy) is 1. The van der Waals surface area contributed by atoms with Gasteiger partial charge >= 0.3 is 24.5 Å². The van der Waals surface area contributed by atoms with Crippen LogP contribution in [-0.4, -0.2) is 53.5 Å². The van der Waals surface area contributed by atoms with Crippen molar-refractivity contribution < 1.29 is 45.1 Å². The normalized spacial score (nSPS) is 17.1. The number of nitrogens with zero attached hydrogens (tertiary/aromatic N) is 3. The molecule has 1 heterocycles. The van der Waals surface area contributed by atoms with Gasteiger partial charge in [0.2, 0.25) is 0 Å². The number of carbonyl (C=O) groups excluding carboxylic acids is 2. The van der Waals surface area contributed by atoms with E-state index in [1.165, 1.54) is 42.0 Å². The smallest absolute Gasteiger partial charge is 0.416 e. The third kappa shape index (κ3) is 7.69. The predicted octanol–water partition coefficient (Wildman–Crippen LogP) is 8.54. The maximum absolute atomic E-state index is 14.0. The summed E-state index contributed by atoms with van der Waals surface area (Å²) in [6.07, 6.45) is -11.3. The molecule has 1 aliphatic rings. The number of alkyl halides is 6. The van der Waals surface area contributed by atoms with Crippen molar-refractivity contribution in [2.75, 3.05) is 26.7 Å². The minimum absolute atomic E-state index is 0.0301. The number of hydrogen-bond acceptors (Lipinski definition) is 3. The van der Waals surface area contributed by atoms with Gasteiger partial charge in [-0.25, -0.2) is 14.0 Å². The molecule has 45 heavy (non-hydrogen) atoms. The van der Waals surface area contributed by atoms with Crippen molar-refractivity contribution in [2.45, 2.75) is 51.3 Å². The number of carbonyl (C=O) groups is 2. The zero-order chi connectivity index (χ0) is 33.3. The van der Waals surface area contributed by atoms with E-state index >= 15 is 0 Å². The number of hydrogen-bond donors (Lipinski definition) is 0. The lowest BCUT2D eigenvalue weighted by molar-refractivity contribution is -0.143. The molecule has 0 spiro atoms. The van der Waals surface area contributed by atoms with E-state index in [-0.39, 0.29) is 31.3 Å². The molecule has 0 N–H and O–H groups in total. The van der Waals surface area contributed by atoms with Crippen molar-refractivity contribution in [1.82, 2.24) is 14.7 Å². The molecule has 0 saturated carbocycles. The van der Waals surface area contributed by atoms with Crippen molar-refractivity contribution in [1.29, 1.82) is 0 Å². The molecule has 0 aromatic heterocycles. The number of aryl methyl sites for hydroxylation is 1. The topological polar surface area (TPSA) is 53.1 Å². The van der Waals surface area contributed by atoms with Gasteiger partial charge in [-0.2, -0.15) is 26.3 Å². The first-order chi connectivity index (χ1) is 21.0. The molecule has 0 aliphatic carbocycles. The summed E-state index contributed by atoms with van der Waals surface area (Å²) in [6, 6.07) is 11.5. The number of piperazine rings is 1. The third-order valence-electron chi connectivity index (χ3n) is 8.00. The number of halogens is 7. The number of urea groups is 1. The van der Waals surface area contributed by atoms with Crippen molar-refractivity contribution >= 4 is 12.1 Å².